The molecule has 1 aliphatic heterocycles. The van der Waals surface area contributed by atoms with Crippen LogP contribution in [0.4, 0.5) is 0 Å². The fourth-order valence-corrected chi connectivity index (χ4v) is 4.27. The van der Waals surface area contributed by atoms with Gasteiger partial charge in [-0.15, -0.1) is 24.0 Å². The highest BCUT2D eigenvalue weighted by Gasteiger charge is 2.31. The normalized spacial score (nSPS) is 21.6. The molecule has 0 amide bonds. The molecular formula is C14H24BrIN4OS. The minimum Gasteiger partial charge on any atom is -0.387 e. The van der Waals surface area contributed by atoms with Gasteiger partial charge in [0, 0.05) is 49.8 Å². The molecular weight excluding hydrogens is 479 g/mol. The molecule has 1 unspecified atom stereocenters. The van der Waals surface area contributed by atoms with E-state index in [0.29, 0.717) is 6.54 Å². The second-order valence-corrected chi connectivity index (χ2v) is 7.57. The van der Waals surface area contributed by atoms with Gasteiger partial charge < -0.3 is 19.9 Å². The fraction of sp³-hybridized carbons (Fsp3) is 0.643. The number of aryl methyl sites for hydroxylation is 1. The lowest BCUT2D eigenvalue weighted by atomic mass is 10.0. The van der Waals surface area contributed by atoms with Crippen LogP contribution in [0.1, 0.15) is 12.1 Å². The molecule has 1 saturated heterocycles. The van der Waals surface area contributed by atoms with E-state index in [2.05, 4.69) is 41.8 Å². The van der Waals surface area contributed by atoms with E-state index >= 15 is 0 Å². The van der Waals surface area contributed by atoms with Gasteiger partial charge in [-0.2, -0.15) is 11.8 Å². The van der Waals surface area contributed by atoms with Gasteiger partial charge in [-0.25, -0.2) is 0 Å². The summed E-state index contributed by atoms with van der Waals surface area (Å²) in [7, 11) is 5.81. The lowest BCUT2D eigenvalue weighted by Crippen LogP contribution is -2.47. The Bertz CT molecular complexity index is 517. The van der Waals surface area contributed by atoms with Crippen molar-refractivity contribution in [3.63, 3.8) is 0 Å². The molecule has 22 heavy (non-hydrogen) atoms. The van der Waals surface area contributed by atoms with E-state index in [9.17, 15) is 5.11 Å². The van der Waals surface area contributed by atoms with Crippen molar-refractivity contribution in [1.29, 1.82) is 0 Å². The van der Waals surface area contributed by atoms with Crippen molar-refractivity contribution in [2.75, 3.05) is 32.1 Å². The van der Waals surface area contributed by atoms with E-state index in [1.54, 1.807) is 18.8 Å². The number of aromatic nitrogens is 1. The molecule has 0 radical (unpaired) electrons. The zero-order valence-electron chi connectivity index (χ0n) is 13.2. The van der Waals surface area contributed by atoms with E-state index in [0.717, 1.165) is 34.9 Å². The van der Waals surface area contributed by atoms with Crippen LogP contribution in [0, 0.1) is 0 Å². The van der Waals surface area contributed by atoms with Gasteiger partial charge in [0.2, 0.25) is 0 Å². The molecule has 5 nitrogen and oxygen atoms in total. The maximum Gasteiger partial charge on any atom is 0.193 e. The van der Waals surface area contributed by atoms with Crippen molar-refractivity contribution in [2.24, 2.45) is 12.0 Å². The Hall–Kier alpha value is 0.0700. The second-order valence-electron chi connectivity index (χ2n) is 5.54. The first-order valence-electron chi connectivity index (χ1n) is 6.96. The molecule has 0 bridgehead atoms. The number of nitrogens with zero attached hydrogens (tertiary/aromatic N) is 3. The van der Waals surface area contributed by atoms with Gasteiger partial charge in [0.05, 0.1) is 12.1 Å². The van der Waals surface area contributed by atoms with E-state index in [-0.39, 0.29) is 24.0 Å². The highest BCUT2D eigenvalue weighted by Crippen LogP contribution is 2.27. The Balaban J connectivity index is 0.00000242. The molecule has 0 saturated carbocycles. The van der Waals surface area contributed by atoms with Crippen molar-refractivity contribution < 1.29 is 5.11 Å². The number of rotatable bonds is 4. The topological polar surface area (TPSA) is 52.8 Å². The average molecular weight is 503 g/mol. The summed E-state index contributed by atoms with van der Waals surface area (Å²) >= 11 is 5.29. The molecule has 0 spiro atoms. The lowest BCUT2D eigenvalue weighted by Gasteiger charge is -2.27. The van der Waals surface area contributed by atoms with Crippen molar-refractivity contribution >= 4 is 57.6 Å². The van der Waals surface area contributed by atoms with Crippen LogP contribution in [0.5, 0.6) is 0 Å². The standard InChI is InChI=1S/C14H23BrN4OS.HI/c1-16-13(17-9-14(20)4-5-21-10-14)19(3)8-12-6-11(15)7-18(12)2;/h6-7,20H,4-5,8-10H2,1-3H3,(H,16,17);1H. The molecule has 1 aromatic rings. The Kier molecular flexibility index (Phi) is 8.04. The van der Waals surface area contributed by atoms with E-state index in [4.69, 9.17) is 0 Å². The third-order valence-corrected chi connectivity index (χ3v) is 5.37. The molecule has 2 heterocycles. The van der Waals surface area contributed by atoms with Crippen molar-refractivity contribution in [3.8, 4) is 0 Å². The van der Waals surface area contributed by atoms with Gasteiger partial charge in [0.15, 0.2) is 5.96 Å². The first-order valence-corrected chi connectivity index (χ1v) is 8.91. The Morgan fingerprint density at radius 2 is 2.36 bits per heavy atom. The lowest BCUT2D eigenvalue weighted by molar-refractivity contribution is 0.0718. The van der Waals surface area contributed by atoms with Crippen LogP contribution in [-0.4, -0.2) is 58.3 Å². The molecule has 1 atom stereocenters. The number of aliphatic hydroxyl groups is 1. The summed E-state index contributed by atoms with van der Waals surface area (Å²) in [6.45, 7) is 1.31. The van der Waals surface area contributed by atoms with Crippen LogP contribution in [0.3, 0.4) is 0 Å². The average Bonchev–Trinajstić information content (AvgIpc) is 2.97. The van der Waals surface area contributed by atoms with E-state index in [1.165, 1.54) is 5.69 Å². The van der Waals surface area contributed by atoms with E-state index in [1.807, 2.05) is 20.3 Å². The number of halogens is 2. The molecule has 126 valence electrons. The van der Waals surface area contributed by atoms with Gasteiger partial charge in [0.1, 0.15) is 0 Å². The molecule has 0 aromatic carbocycles. The summed E-state index contributed by atoms with van der Waals surface area (Å²) in [5.74, 6) is 2.63. The molecule has 1 fully saturated rings. The van der Waals surface area contributed by atoms with Gasteiger partial charge in [-0.05, 0) is 34.2 Å². The Morgan fingerprint density at radius 3 is 2.86 bits per heavy atom. The predicted octanol–water partition coefficient (Wildman–Crippen LogP) is 2.28. The molecule has 0 aliphatic carbocycles. The molecule has 2 rings (SSSR count). The Morgan fingerprint density at radius 1 is 1.64 bits per heavy atom. The molecule has 1 aliphatic rings. The maximum atomic E-state index is 10.4. The van der Waals surface area contributed by atoms with Gasteiger partial charge in [0.25, 0.3) is 0 Å². The van der Waals surface area contributed by atoms with Crippen molar-refractivity contribution in [1.82, 2.24) is 14.8 Å². The third kappa shape index (κ3) is 5.31. The van der Waals surface area contributed by atoms with E-state index < -0.39 is 5.60 Å². The largest absolute Gasteiger partial charge is 0.387 e. The highest BCUT2D eigenvalue weighted by molar-refractivity contribution is 14.0. The minimum atomic E-state index is -0.602. The number of hydrogen-bond donors (Lipinski definition) is 2. The van der Waals surface area contributed by atoms with Gasteiger partial charge >= 0.3 is 0 Å². The Labute approximate surface area is 162 Å². The number of guanidine groups is 1. The maximum absolute atomic E-state index is 10.4. The quantitative estimate of drug-likeness (QED) is 0.377. The number of thioether (sulfide) groups is 1. The molecule has 2 N–H and O–H groups in total. The summed E-state index contributed by atoms with van der Waals surface area (Å²) in [6.07, 6.45) is 2.88. The zero-order valence-corrected chi connectivity index (χ0v) is 17.9. The summed E-state index contributed by atoms with van der Waals surface area (Å²) in [6, 6.07) is 2.10. The molecule has 1 aromatic heterocycles. The van der Waals surface area contributed by atoms with Crippen LogP contribution >= 0.6 is 51.7 Å². The summed E-state index contributed by atoms with van der Waals surface area (Å²) in [5.41, 5.74) is 0.595. The second kappa shape index (κ2) is 8.79. The highest BCUT2D eigenvalue weighted by atomic mass is 127. The van der Waals surface area contributed by atoms with Crippen LogP contribution in [0.25, 0.3) is 0 Å². The van der Waals surface area contributed by atoms with Gasteiger partial charge in [-0.1, -0.05) is 0 Å². The number of nitrogens with one attached hydrogen (secondary N) is 1. The van der Waals surface area contributed by atoms with Crippen LogP contribution in [0.2, 0.25) is 0 Å². The van der Waals surface area contributed by atoms with Crippen LogP contribution in [-0.2, 0) is 13.6 Å². The summed E-state index contributed by atoms with van der Waals surface area (Å²) in [4.78, 5) is 6.37. The fourth-order valence-electron chi connectivity index (χ4n) is 2.41. The monoisotopic (exact) mass is 502 g/mol. The van der Waals surface area contributed by atoms with Crippen LogP contribution < -0.4 is 5.32 Å². The zero-order chi connectivity index (χ0) is 15.5. The third-order valence-electron chi connectivity index (χ3n) is 3.71. The van der Waals surface area contributed by atoms with Gasteiger partial charge in [-0.3, -0.25) is 4.99 Å². The van der Waals surface area contributed by atoms with Crippen molar-refractivity contribution in [2.45, 2.75) is 18.6 Å². The smallest absolute Gasteiger partial charge is 0.193 e. The summed E-state index contributed by atoms with van der Waals surface area (Å²) < 4.78 is 3.17. The van der Waals surface area contributed by atoms with Crippen LogP contribution in [0.15, 0.2) is 21.7 Å². The summed E-state index contributed by atoms with van der Waals surface area (Å²) in [5, 5.41) is 13.7. The number of hydrogen-bond acceptors (Lipinski definition) is 3. The molecule has 8 heteroatoms. The van der Waals surface area contributed by atoms with Crippen molar-refractivity contribution in [3.05, 3.63) is 22.4 Å². The first-order chi connectivity index (χ1) is 9.93. The first kappa shape index (κ1) is 20.1. The number of aliphatic imine (C=N–C) groups is 1. The predicted molar refractivity (Wildman–Crippen MR) is 108 cm³/mol. The minimum absolute atomic E-state index is 0. The SMILES string of the molecule is CN=C(NCC1(O)CCSC1)N(C)Cc1cc(Br)cn1C.I.